The van der Waals surface area contributed by atoms with Crippen LogP contribution in [0, 0.1) is 0 Å². The lowest BCUT2D eigenvalue weighted by atomic mass is 10.0. The Balaban J connectivity index is 1.45. The summed E-state index contributed by atoms with van der Waals surface area (Å²) in [6, 6.07) is 20.7. The summed E-state index contributed by atoms with van der Waals surface area (Å²) >= 11 is 0. The molecule has 0 amide bonds. The average molecular weight is 346 g/mol. The van der Waals surface area contributed by atoms with Crippen molar-refractivity contribution in [3.63, 3.8) is 0 Å². The molecule has 0 aliphatic heterocycles. The fourth-order valence-corrected chi connectivity index (χ4v) is 2.39. The van der Waals surface area contributed by atoms with Gasteiger partial charge < -0.3 is 18.3 Å². The summed E-state index contributed by atoms with van der Waals surface area (Å²) < 4.78 is 21.3. The molecule has 0 unspecified atom stereocenters. The fourth-order valence-electron chi connectivity index (χ4n) is 2.39. The minimum Gasteiger partial charge on any atom is -0.434 e. The van der Waals surface area contributed by atoms with E-state index in [0.29, 0.717) is 34.5 Å². The normalized spacial score (nSPS) is 10.5. The number of benzene rings is 2. The molecule has 0 N–H and O–H groups in total. The molecule has 0 atom stereocenters. The number of hydrogen-bond donors (Lipinski definition) is 0. The molecule has 5 nitrogen and oxygen atoms in total. The molecule has 5 heteroatoms. The Hall–Kier alpha value is -3.73. The van der Waals surface area contributed by atoms with Crippen LogP contribution in [0.4, 0.5) is 0 Å². The summed E-state index contributed by atoms with van der Waals surface area (Å²) in [5.41, 5.74) is 1.13. The van der Waals surface area contributed by atoms with Crippen molar-refractivity contribution in [3.8, 4) is 23.4 Å². The Kier molecular flexibility index (Phi) is 4.26. The number of hydrogen-bond acceptors (Lipinski definition) is 5. The topological polar surface area (TPSA) is 61.8 Å². The summed E-state index contributed by atoms with van der Waals surface area (Å²) in [5.74, 6) is 1.91. The minimum atomic E-state index is -0.0842. The van der Waals surface area contributed by atoms with Gasteiger partial charge >= 0.3 is 0 Å². The monoisotopic (exact) mass is 346 g/mol. The Morgan fingerprint density at radius 1 is 0.615 bits per heavy atom. The first kappa shape index (κ1) is 15.8. The van der Waals surface area contributed by atoms with Crippen LogP contribution in [0.2, 0.25) is 0 Å². The molecular weight excluding hydrogens is 332 g/mol. The molecule has 0 saturated heterocycles. The van der Waals surface area contributed by atoms with Crippen LogP contribution in [0.25, 0.3) is 0 Å². The molecule has 0 saturated carbocycles. The molecule has 0 aliphatic rings. The number of carbonyl (C=O) groups is 1. The highest BCUT2D eigenvalue weighted by Gasteiger charge is 2.10. The largest absolute Gasteiger partial charge is 0.434 e. The van der Waals surface area contributed by atoms with Gasteiger partial charge in [-0.15, -0.1) is 0 Å². The molecule has 2 heterocycles. The van der Waals surface area contributed by atoms with Crippen molar-refractivity contribution in [2.75, 3.05) is 0 Å². The van der Waals surface area contributed by atoms with Crippen molar-refractivity contribution in [1.29, 1.82) is 0 Å². The zero-order valence-corrected chi connectivity index (χ0v) is 13.6. The predicted octanol–water partition coefficient (Wildman–Crippen LogP) is 5.69. The van der Waals surface area contributed by atoms with Crippen molar-refractivity contribution < 1.29 is 23.1 Å². The first-order valence-corrected chi connectivity index (χ1v) is 7.95. The van der Waals surface area contributed by atoms with Gasteiger partial charge in [-0.1, -0.05) is 0 Å². The Bertz CT molecular complexity index is 884. The number of rotatable bonds is 6. The second kappa shape index (κ2) is 7.03. The van der Waals surface area contributed by atoms with Gasteiger partial charge in [0.15, 0.2) is 5.78 Å². The summed E-state index contributed by atoms with van der Waals surface area (Å²) in [7, 11) is 0. The van der Waals surface area contributed by atoms with Gasteiger partial charge in [-0.25, -0.2) is 0 Å². The van der Waals surface area contributed by atoms with E-state index in [0.717, 1.165) is 0 Å². The van der Waals surface area contributed by atoms with Crippen molar-refractivity contribution in [1.82, 2.24) is 0 Å². The van der Waals surface area contributed by atoms with Gasteiger partial charge in [-0.2, -0.15) is 0 Å². The Morgan fingerprint density at radius 2 is 1.04 bits per heavy atom. The lowest BCUT2D eigenvalue weighted by Gasteiger charge is -2.06. The Labute approximate surface area is 149 Å². The van der Waals surface area contributed by atoms with E-state index in [9.17, 15) is 4.79 Å². The fraction of sp³-hybridized carbons (Fsp3) is 0. The van der Waals surface area contributed by atoms with E-state index in [-0.39, 0.29) is 5.78 Å². The van der Waals surface area contributed by atoms with E-state index in [1.807, 2.05) is 0 Å². The third-order valence-electron chi connectivity index (χ3n) is 3.66. The van der Waals surface area contributed by atoms with Crippen LogP contribution in [0.1, 0.15) is 15.9 Å². The van der Waals surface area contributed by atoms with Crippen LogP contribution in [-0.4, -0.2) is 5.78 Å². The molecular formula is C21H14O5. The van der Waals surface area contributed by atoms with Crippen LogP contribution in [0.3, 0.4) is 0 Å². The third kappa shape index (κ3) is 3.52. The summed E-state index contributed by atoms with van der Waals surface area (Å²) in [6.45, 7) is 0. The van der Waals surface area contributed by atoms with Crippen LogP contribution in [0.15, 0.2) is 94.2 Å². The van der Waals surface area contributed by atoms with E-state index in [1.165, 1.54) is 12.5 Å². The molecule has 0 bridgehead atoms. The van der Waals surface area contributed by atoms with E-state index >= 15 is 0 Å². The van der Waals surface area contributed by atoms with Crippen LogP contribution in [0.5, 0.6) is 23.4 Å². The van der Waals surface area contributed by atoms with Crippen LogP contribution in [-0.2, 0) is 0 Å². The highest BCUT2D eigenvalue weighted by Crippen LogP contribution is 2.24. The second-order valence-corrected chi connectivity index (χ2v) is 5.45. The maximum absolute atomic E-state index is 12.6. The van der Waals surface area contributed by atoms with Crippen LogP contribution >= 0.6 is 0 Å². The lowest BCUT2D eigenvalue weighted by molar-refractivity contribution is 0.103. The van der Waals surface area contributed by atoms with E-state index in [2.05, 4.69) is 0 Å². The molecule has 0 aliphatic carbocycles. The van der Waals surface area contributed by atoms with E-state index in [1.54, 1.807) is 72.8 Å². The molecule has 4 rings (SSSR count). The van der Waals surface area contributed by atoms with Gasteiger partial charge in [0, 0.05) is 23.3 Å². The van der Waals surface area contributed by atoms with Gasteiger partial charge in [-0.3, -0.25) is 4.79 Å². The standard InChI is InChI=1S/C21H14O5/c22-21(15-5-9-17(10-6-15)25-19-3-1-13-23-19)16-7-11-18(12-8-16)26-20-4-2-14-24-20/h1-14H. The predicted molar refractivity (Wildman–Crippen MR) is 93.9 cm³/mol. The van der Waals surface area contributed by atoms with Crippen molar-refractivity contribution in [3.05, 3.63) is 96.4 Å². The number of carbonyl (C=O) groups excluding carboxylic acids is 1. The van der Waals surface area contributed by atoms with Crippen molar-refractivity contribution in [2.45, 2.75) is 0 Å². The first-order valence-electron chi connectivity index (χ1n) is 7.95. The molecule has 0 spiro atoms. The summed E-state index contributed by atoms with van der Waals surface area (Å²) in [4.78, 5) is 12.6. The maximum Gasteiger partial charge on any atom is 0.289 e. The van der Waals surface area contributed by atoms with Gasteiger partial charge in [0.25, 0.3) is 11.9 Å². The zero-order valence-electron chi connectivity index (χ0n) is 13.6. The van der Waals surface area contributed by atoms with Crippen molar-refractivity contribution in [2.24, 2.45) is 0 Å². The van der Waals surface area contributed by atoms with Gasteiger partial charge in [-0.05, 0) is 60.7 Å². The molecule has 2 aromatic carbocycles. The molecule has 128 valence electrons. The smallest absolute Gasteiger partial charge is 0.289 e. The third-order valence-corrected chi connectivity index (χ3v) is 3.66. The molecule has 2 aromatic heterocycles. The highest BCUT2D eigenvalue weighted by molar-refractivity contribution is 6.09. The van der Waals surface area contributed by atoms with Gasteiger partial charge in [0.1, 0.15) is 11.5 Å². The quantitative estimate of drug-likeness (QED) is 0.420. The minimum absolute atomic E-state index is 0.0842. The van der Waals surface area contributed by atoms with E-state index in [4.69, 9.17) is 18.3 Å². The highest BCUT2D eigenvalue weighted by atomic mass is 16.6. The molecule has 0 fully saturated rings. The summed E-state index contributed by atoms with van der Waals surface area (Å²) in [5, 5.41) is 0. The van der Waals surface area contributed by atoms with E-state index < -0.39 is 0 Å². The summed E-state index contributed by atoms with van der Waals surface area (Å²) in [6.07, 6.45) is 3.07. The first-order chi connectivity index (χ1) is 12.8. The van der Waals surface area contributed by atoms with Crippen LogP contribution < -0.4 is 9.47 Å². The van der Waals surface area contributed by atoms with Gasteiger partial charge in [0.05, 0.1) is 12.5 Å². The molecule has 26 heavy (non-hydrogen) atoms. The number of ketones is 1. The molecule has 4 aromatic rings. The number of furan rings is 2. The Morgan fingerprint density at radius 3 is 1.38 bits per heavy atom. The SMILES string of the molecule is O=C(c1ccc(Oc2ccco2)cc1)c1ccc(Oc2ccco2)cc1. The lowest BCUT2D eigenvalue weighted by Crippen LogP contribution is -2.00. The van der Waals surface area contributed by atoms with Gasteiger partial charge in [0.2, 0.25) is 0 Å². The van der Waals surface area contributed by atoms with Crippen molar-refractivity contribution >= 4 is 5.78 Å². The zero-order chi connectivity index (χ0) is 17.8. The maximum atomic E-state index is 12.6. The number of ether oxygens (including phenoxy) is 2. The molecule has 0 radical (unpaired) electrons. The second-order valence-electron chi connectivity index (χ2n) is 5.45. The average Bonchev–Trinajstić information content (AvgIpc) is 3.37.